The third-order valence-electron chi connectivity index (χ3n) is 1.99. The van der Waals surface area contributed by atoms with E-state index in [9.17, 15) is 31.1 Å². The Bertz CT molecular complexity index is 248. The number of amides is 1. The average molecular weight is 266 g/mol. The normalized spacial score (nSPS) is 14.9. The SMILES string of the molecule is CNC(C)CNC(=O)C(C(F)(F)F)C(F)(F)F. The van der Waals surface area contributed by atoms with Crippen LogP contribution in [-0.2, 0) is 4.79 Å². The Morgan fingerprint density at radius 2 is 1.53 bits per heavy atom. The van der Waals surface area contributed by atoms with Crippen molar-refractivity contribution in [2.75, 3.05) is 13.6 Å². The van der Waals surface area contributed by atoms with Gasteiger partial charge in [-0.15, -0.1) is 0 Å². The monoisotopic (exact) mass is 266 g/mol. The molecule has 0 aliphatic carbocycles. The molecule has 0 heterocycles. The van der Waals surface area contributed by atoms with E-state index in [2.05, 4.69) is 5.32 Å². The van der Waals surface area contributed by atoms with Gasteiger partial charge in [0.2, 0.25) is 11.8 Å². The number of hydrogen-bond acceptors (Lipinski definition) is 2. The topological polar surface area (TPSA) is 41.1 Å². The van der Waals surface area contributed by atoms with Gasteiger partial charge in [-0.3, -0.25) is 4.79 Å². The van der Waals surface area contributed by atoms with Crippen LogP contribution >= 0.6 is 0 Å². The molecular formula is C8H12F6N2O. The highest BCUT2D eigenvalue weighted by Crippen LogP contribution is 2.39. The smallest absolute Gasteiger partial charge is 0.354 e. The fourth-order valence-corrected chi connectivity index (χ4v) is 0.941. The predicted octanol–water partition coefficient (Wildman–Crippen LogP) is 1.45. The van der Waals surface area contributed by atoms with Crippen LogP contribution in [0, 0.1) is 5.92 Å². The number of alkyl halides is 6. The number of hydrogen-bond donors (Lipinski definition) is 2. The fourth-order valence-electron chi connectivity index (χ4n) is 0.941. The maximum Gasteiger partial charge on any atom is 0.409 e. The number of nitrogens with one attached hydrogen (secondary N) is 2. The summed E-state index contributed by atoms with van der Waals surface area (Å²) >= 11 is 0. The second kappa shape index (κ2) is 5.56. The van der Waals surface area contributed by atoms with E-state index in [1.807, 2.05) is 0 Å². The summed E-state index contributed by atoms with van der Waals surface area (Å²) in [6, 6.07) is -0.430. The molecule has 0 aromatic carbocycles. The summed E-state index contributed by atoms with van der Waals surface area (Å²) in [7, 11) is 1.46. The standard InChI is InChI=1S/C8H12F6N2O/c1-4(15-2)3-16-6(17)5(7(9,10)11)8(12,13)14/h4-5,15H,3H2,1-2H3,(H,16,17). The van der Waals surface area contributed by atoms with Crippen molar-refractivity contribution in [3.63, 3.8) is 0 Å². The van der Waals surface area contributed by atoms with Crippen LogP contribution < -0.4 is 10.6 Å². The van der Waals surface area contributed by atoms with Gasteiger partial charge in [-0.25, -0.2) is 0 Å². The predicted molar refractivity (Wildman–Crippen MR) is 47.1 cm³/mol. The second-order valence-electron chi connectivity index (χ2n) is 3.45. The van der Waals surface area contributed by atoms with E-state index >= 15 is 0 Å². The summed E-state index contributed by atoms with van der Waals surface area (Å²) in [5.74, 6) is -6.08. The molecule has 0 fully saturated rings. The van der Waals surface area contributed by atoms with Crippen LogP contribution in [0.4, 0.5) is 26.3 Å². The highest BCUT2D eigenvalue weighted by atomic mass is 19.4. The van der Waals surface area contributed by atoms with Gasteiger partial charge in [0.25, 0.3) is 0 Å². The Morgan fingerprint density at radius 3 is 1.82 bits per heavy atom. The molecule has 102 valence electrons. The third kappa shape index (κ3) is 5.24. The zero-order valence-electron chi connectivity index (χ0n) is 9.04. The van der Waals surface area contributed by atoms with E-state index in [1.165, 1.54) is 14.0 Å². The molecule has 0 aromatic heterocycles. The van der Waals surface area contributed by atoms with E-state index in [-0.39, 0.29) is 6.54 Å². The Labute approximate surface area is 93.5 Å². The molecule has 9 heteroatoms. The molecule has 1 unspecified atom stereocenters. The molecule has 0 saturated carbocycles. The van der Waals surface area contributed by atoms with Crippen LogP contribution in [0.2, 0.25) is 0 Å². The van der Waals surface area contributed by atoms with Crippen LogP contribution in [0.15, 0.2) is 0 Å². The summed E-state index contributed by atoms with van der Waals surface area (Å²) in [5.41, 5.74) is 0. The van der Waals surface area contributed by atoms with Crippen molar-refractivity contribution in [3.8, 4) is 0 Å². The third-order valence-corrected chi connectivity index (χ3v) is 1.99. The Kier molecular flexibility index (Phi) is 5.24. The number of halogens is 6. The van der Waals surface area contributed by atoms with Gasteiger partial charge in [-0.1, -0.05) is 0 Å². The van der Waals surface area contributed by atoms with Crippen molar-refractivity contribution >= 4 is 5.91 Å². The molecule has 0 spiro atoms. The maximum absolute atomic E-state index is 12.1. The first-order chi connectivity index (χ1) is 7.50. The van der Waals surface area contributed by atoms with Gasteiger partial charge < -0.3 is 10.6 Å². The van der Waals surface area contributed by atoms with Gasteiger partial charge in [0.15, 0.2) is 0 Å². The van der Waals surface area contributed by atoms with Crippen molar-refractivity contribution in [3.05, 3.63) is 0 Å². The van der Waals surface area contributed by atoms with Crippen LogP contribution in [0.5, 0.6) is 0 Å². The molecule has 3 nitrogen and oxygen atoms in total. The number of carbonyl (C=O) groups excluding carboxylic acids is 1. The van der Waals surface area contributed by atoms with Crippen LogP contribution in [0.25, 0.3) is 0 Å². The molecular weight excluding hydrogens is 254 g/mol. The maximum atomic E-state index is 12.1. The van der Waals surface area contributed by atoms with Crippen molar-refractivity contribution in [1.29, 1.82) is 0 Å². The molecule has 0 aliphatic rings. The van der Waals surface area contributed by atoms with Gasteiger partial charge in [-0.2, -0.15) is 26.3 Å². The fraction of sp³-hybridized carbons (Fsp3) is 0.875. The molecule has 1 atom stereocenters. The molecule has 0 saturated heterocycles. The zero-order valence-corrected chi connectivity index (χ0v) is 9.04. The minimum Gasteiger partial charge on any atom is -0.354 e. The van der Waals surface area contributed by atoms with Crippen molar-refractivity contribution in [1.82, 2.24) is 10.6 Å². The molecule has 1 amide bonds. The summed E-state index contributed by atoms with van der Waals surface area (Å²) in [6.45, 7) is 1.18. The molecule has 0 rings (SSSR count). The number of carbonyl (C=O) groups is 1. The van der Waals surface area contributed by atoms with Gasteiger partial charge in [0, 0.05) is 12.6 Å². The van der Waals surface area contributed by atoms with Gasteiger partial charge in [-0.05, 0) is 14.0 Å². The lowest BCUT2D eigenvalue weighted by molar-refractivity contribution is -0.274. The van der Waals surface area contributed by atoms with E-state index in [4.69, 9.17) is 0 Å². The molecule has 0 aromatic rings. The molecule has 0 radical (unpaired) electrons. The van der Waals surface area contributed by atoms with Crippen LogP contribution in [0.1, 0.15) is 6.92 Å². The van der Waals surface area contributed by atoms with E-state index in [0.29, 0.717) is 0 Å². The first-order valence-electron chi connectivity index (χ1n) is 4.58. The van der Waals surface area contributed by atoms with Crippen LogP contribution in [0.3, 0.4) is 0 Å². The van der Waals surface area contributed by atoms with Crippen molar-refractivity contribution in [2.45, 2.75) is 25.3 Å². The zero-order chi connectivity index (χ0) is 13.9. The lowest BCUT2D eigenvalue weighted by atomic mass is 10.1. The summed E-state index contributed by atoms with van der Waals surface area (Å²) in [4.78, 5) is 10.9. The lowest BCUT2D eigenvalue weighted by Gasteiger charge is -2.22. The van der Waals surface area contributed by atoms with E-state index in [1.54, 1.807) is 5.32 Å². The summed E-state index contributed by atoms with van der Waals surface area (Å²) in [6.07, 6.45) is -11.3. The van der Waals surface area contributed by atoms with Crippen LogP contribution in [-0.4, -0.2) is 37.9 Å². The molecule has 0 bridgehead atoms. The number of likely N-dealkylation sites (N-methyl/N-ethyl adjacent to an activating group) is 1. The lowest BCUT2D eigenvalue weighted by Crippen LogP contribution is -2.50. The highest BCUT2D eigenvalue weighted by molar-refractivity contribution is 5.80. The largest absolute Gasteiger partial charge is 0.409 e. The van der Waals surface area contributed by atoms with Crippen molar-refractivity contribution < 1.29 is 31.1 Å². The van der Waals surface area contributed by atoms with E-state index < -0.39 is 30.2 Å². The van der Waals surface area contributed by atoms with Crippen molar-refractivity contribution in [2.24, 2.45) is 5.92 Å². The summed E-state index contributed by atoms with van der Waals surface area (Å²) < 4.78 is 72.5. The first kappa shape index (κ1) is 16.0. The van der Waals surface area contributed by atoms with E-state index in [0.717, 1.165) is 0 Å². The number of rotatable bonds is 4. The quantitative estimate of drug-likeness (QED) is 0.756. The Balaban J connectivity index is 4.69. The minimum atomic E-state index is -5.65. The second-order valence-corrected chi connectivity index (χ2v) is 3.45. The van der Waals surface area contributed by atoms with Gasteiger partial charge in [0.1, 0.15) is 0 Å². The first-order valence-corrected chi connectivity index (χ1v) is 4.58. The minimum absolute atomic E-state index is 0.321. The van der Waals surface area contributed by atoms with Gasteiger partial charge in [0.05, 0.1) is 0 Å². The Hall–Kier alpha value is -0.990. The average Bonchev–Trinajstić information content (AvgIpc) is 2.09. The van der Waals surface area contributed by atoms with Gasteiger partial charge >= 0.3 is 12.4 Å². The highest BCUT2D eigenvalue weighted by Gasteiger charge is 2.60. The molecule has 2 N–H and O–H groups in total. The molecule has 0 aliphatic heterocycles. The molecule has 17 heavy (non-hydrogen) atoms. The Morgan fingerprint density at radius 1 is 1.12 bits per heavy atom. The summed E-state index contributed by atoms with van der Waals surface area (Å²) in [5, 5.41) is 4.16.